The van der Waals surface area contributed by atoms with Gasteiger partial charge in [0.1, 0.15) is 6.61 Å². The van der Waals surface area contributed by atoms with E-state index in [1.807, 2.05) is 26.8 Å². The van der Waals surface area contributed by atoms with Gasteiger partial charge < -0.3 is 39.4 Å². The summed E-state index contributed by atoms with van der Waals surface area (Å²) in [7, 11) is 2.85. The minimum Gasteiger partial charge on any atom is -0.493 e. The number of urea groups is 1. The van der Waals surface area contributed by atoms with E-state index >= 15 is 0 Å². The molecule has 0 bridgehead atoms. The van der Waals surface area contributed by atoms with Gasteiger partial charge in [-0.3, -0.25) is 5.43 Å². The Morgan fingerprint density at radius 3 is 2.59 bits per heavy atom. The maximum atomic E-state index is 12.4. The summed E-state index contributed by atoms with van der Waals surface area (Å²) in [5, 5.41) is 19.8. The lowest BCUT2D eigenvalue weighted by Gasteiger charge is -2.28. The summed E-state index contributed by atoms with van der Waals surface area (Å²) in [6.45, 7) is 7.52. The molecule has 12 nitrogen and oxygen atoms in total. The molecule has 13 heteroatoms. The molecule has 41 heavy (non-hydrogen) atoms. The van der Waals surface area contributed by atoms with Crippen LogP contribution in [0.2, 0.25) is 0 Å². The van der Waals surface area contributed by atoms with Crippen LogP contribution in [0.25, 0.3) is 0 Å². The van der Waals surface area contributed by atoms with Crippen molar-refractivity contribution in [3.63, 3.8) is 0 Å². The van der Waals surface area contributed by atoms with E-state index < -0.39 is 24.3 Å². The van der Waals surface area contributed by atoms with Gasteiger partial charge in [-0.25, -0.2) is 9.59 Å². The van der Waals surface area contributed by atoms with E-state index in [0.717, 1.165) is 9.13 Å². The molecule has 1 heterocycles. The number of halogens is 1. The monoisotopic (exact) mass is 682 g/mol. The van der Waals surface area contributed by atoms with E-state index in [2.05, 4.69) is 43.8 Å². The Morgan fingerprint density at radius 1 is 1.17 bits per heavy atom. The van der Waals surface area contributed by atoms with Gasteiger partial charge >= 0.3 is 12.0 Å². The van der Waals surface area contributed by atoms with Crippen molar-refractivity contribution in [3.05, 3.63) is 56.3 Å². The maximum absolute atomic E-state index is 12.4. The van der Waals surface area contributed by atoms with E-state index in [1.165, 1.54) is 7.11 Å². The van der Waals surface area contributed by atoms with Crippen molar-refractivity contribution in [3.8, 4) is 23.0 Å². The molecule has 1 aliphatic rings. The van der Waals surface area contributed by atoms with Crippen molar-refractivity contribution in [1.82, 2.24) is 16.1 Å². The fourth-order valence-electron chi connectivity index (χ4n) is 3.98. The first kappa shape index (κ1) is 31.8. The number of carbonyl (C=O) groups is 2. The predicted octanol–water partition coefficient (Wildman–Crippen LogP) is 3.61. The van der Waals surface area contributed by atoms with Crippen molar-refractivity contribution in [2.75, 3.05) is 27.4 Å². The molecular weight excluding hydrogens is 647 g/mol. The molecular formula is C28H35IN4O8. The Balaban J connectivity index is 1.69. The van der Waals surface area contributed by atoms with E-state index in [1.54, 1.807) is 44.5 Å². The van der Waals surface area contributed by atoms with Crippen LogP contribution in [0.4, 0.5) is 4.79 Å². The van der Waals surface area contributed by atoms with Gasteiger partial charge in [0, 0.05) is 5.70 Å². The van der Waals surface area contributed by atoms with Gasteiger partial charge in [0.25, 0.3) is 0 Å². The fourth-order valence-corrected chi connectivity index (χ4v) is 4.74. The first-order valence-electron chi connectivity index (χ1n) is 12.8. The summed E-state index contributed by atoms with van der Waals surface area (Å²) in [4.78, 5) is 24.5. The molecule has 1 aliphatic heterocycles. The first-order chi connectivity index (χ1) is 19.6. The molecule has 0 fully saturated rings. The number of methoxy groups -OCH3 is 2. The average molecular weight is 683 g/mol. The number of nitrogens with one attached hydrogen (secondary N) is 3. The van der Waals surface area contributed by atoms with Crippen LogP contribution in [-0.2, 0) is 9.53 Å². The van der Waals surface area contributed by atoms with Crippen LogP contribution >= 0.6 is 22.6 Å². The molecule has 0 aliphatic carbocycles. The maximum Gasteiger partial charge on any atom is 0.337 e. The van der Waals surface area contributed by atoms with Crippen molar-refractivity contribution in [2.24, 2.45) is 5.10 Å². The van der Waals surface area contributed by atoms with E-state index in [9.17, 15) is 14.7 Å². The zero-order chi connectivity index (χ0) is 30.1. The second kappa shape index (κ2) is 14.8. The molecule has 0 saturated carbocycles. The second-order valence-electron chi connectivity index (χ2n) is 9.12. The molecule has 0 saturated heterocycles. The molecule has 0 spiro atoms. The van der Waals surface area contributed by atoms with Crippen LogP contribution in [-0.4, -0.2) is 63.1 Å². The highest BCUT2D eigenvalue weighted by Gasteiger charge is 2.32. The number of allylic oxidation sites excluding steroid dienone is 1. The molecule has 2 atom stereocenters. The minimum absolute atomic E-state index is 0.00279. The van der Waals surface area contributed by atoms with Crippen molar-refractivity contribution in [1.29, 1.82) is 0 Å². The van der Waals surface area contributed by atoms with Gasteiger partial charge in [-0.15, -0.1) is 0 Å². The molecule has 3 rings (SSSR count). The molecule has 4 N–H and O–H groups in total. The lowest BCUT2D eigenvalue weighted by Crippen LogP contribution is -2.45. The van der Waals surface area contributed by atoms with Crippen molar-refractivity contribution in [2.45, 2.75) is 46.1 Å². The predicted molar refractivity (Wildman–Crippen MR) is 160 cm³/mol. The van der Waals surface area contributed by atoms with Crippen LogP contribution in [0.15, 0.2) is 46.7 Å². The van der Waals surface area contributed by atoms with Gasteiger partial charge in [-0.05, 0) is 85.7 Å². The summed E-state index contributed by atoms with van der Waals surface area (Å²) < 4.78 is 28.6. The fraction of sp³-hybridized carbons (Fsp3) is 0.393. The minimum atomic E-state index is -1.13. The number of nitrogens with zero attached hydrogens (tertiary/aromatic N) is 1. The molecule has 2 aromatic carbocycles. The average Bonchev–Trinajstić information content (AvgIpc) is 2.92. The quantitative estimate of drug-likeness (QED) is 0.0818. The number of ether oxygens (including phenoxy) is 5. The smallest absolute Gasteiger partial charge is 0.337 e. The molecule has 0 unspecified atom stereocenters. The summed E-state index contributed by atoms with van der Waals surface area (Å²) >= 11 is 2.17. The summed E-state index contributed by atoms with van der Waals surface area (Å²) in [5.74, 6) is 1.41. The highest BCUT2D eigenvalue weighted by molar-refractivity contribution is 14.1. The Bertz CT molecular complexity index is 1310. The van der Waals surface area contributed by atoms with Crippen LogP contribution in [0.3, 0.4) is 0 Å². The number of hydrogen-bond donors (Lipinski definition) is 4. The van der Waals surface area contributed by atoms with E-state index in [0.29, 0.717) is 40.9 Å². The zero-order valence-electron chi connectivity index (χ0n) is 23.7. The van der Waals surface area contributed by atoms with Gasteiger partial charge in [-0.2, -0.15) is 5.10 Å². The highest BCUT2D eigenvalue weighted by Crippen LogP contribution is 2.36. The number of aliphatic hydroxyl groups excluding tert-OH is 1. The number of aliphatic hydroxyl groups is 1. The van der Waals surface area contributed by atoms with E-state index in [4.69, 9.17) is 23.7 Å². The van der Waals surface area contributed by atoms with E-state index in [-0.39, 0.29) is 18.3 Å². The zero-order valence-corrected chi connectivity index (χ0v) is 25.9. The Kier molecular flexibility index (Phi) is 11.5. The molecule has 2 amide bonds. The third-order valence-electron chi connectivity index (χ3n) is 5.71. The standard InChI is InChI=1S/C28H35IN4O8/c1-7-39-21-12-18(25-24(27(35)38-6)16(4)31-28(36)32-25)8-9-20(21)40-14-23(34)33-30-13-17-10-19(29)26(41-15(2)3)22(11-17)37-5/h8-13,15,23,25,33-34H,7,14H2,1-6H3,(H2,31,32,36)/b30-13+/t23-,25+/m0/s1. The third-order valence-corrected chi connectivity index (χ3v) is 6.52. The van der Waals surface area contributed by atoms with Crippen LogP contribution in [0.1, 0.15) is 44.9 Å². The third kappa shape index (κ3) is 8.39. The normalized spacial score (nSPS) is 15.7. The van der Waals surface area contributed by atoms with Crippen LogP contribution in [0, 0.1) is 3.57 Å². The number of rotatable bonds is 13. The van der Waals surface area contributed by atoms with Crippen molar-refractivity contribution < 1.29 is 38.4 Å². The molecule has 0 radical (unpaired) electrons. The lowest BCUT2D eigenvalue weighted by molar-refractivity contribution is -0.136. The Morgan fingerprint density at radius 2 is 1.93 bits per heavy atom. The first-order valence-corrected chi connectivity index (χ1v) is 13.9. The highest BCUT2D eigenvalue weighted by atomic mass is 127. The number of amides is 2. The molecule has 2 aromatic rings. The topological polar surface area (TPSA) is 149 Å². The van der Waals surface area contributed by atoms with Crippen molar-refractivity contribution >= 4 is 40.8 Å². The van der Waals surface area contributed by atoms with Gasteiger partial charge in [-0.1, -0.05) is 6.07 Å². The molecule has 0 aromatic heterocycles. The van der Waals surface area contributed by atoms with Gasteiger partial charge in [0.2, 0.25) is 0 Å². The lowest BCUT2D eigenvalue weighted by atomic mass is 9.95. The largest absolute Gasteiger partial charge is 0.493 e. The number of esters is 1. The SMILES string of the molecule is CCOc1cc([C@H]2NC(=O)NC(C)=C2C(=O)OC)ccc1OC[C@H](O)N/N=C/c1cc(I)c(OC(C)C)c(OC)c1. The summed E-state index contributed by atoms with van der Waals surface area (Å²) in [6, 6.07) is 7.49. The number of hydrazone groups is 1. The Labute approximate surface area is 252 Å². The van der Waals surface area contributed by atoms with Crippen LogP contribution < -0.4 is 35.0 Å². The van der Waals surface area contributed by atoms with Gasteiger partial charge in [0.15, 0.2) is 29.2 Å². The number of benzene rings is 2. The van der Waals surface area contributed by atoms with Crippen LogP contribution in [0.5, 0.6) is 23.0 Å². The Hall–Kier alpha value is -3.72. The number of carbonyl (C=O) groups excluding carboxylic acids is 2. The second-order valence-corrected chi connectivity index (χ2v) is 10.3. The van der Waals surface area contributed by atoms with Gasteiger partial charge in [0.05, 0.1) is 48.3 Å². The number of hydrogen-bond acceptors (Lipinski definition) is 10. The summed E-state index contributed by atoms with van der Waals surface area (Å²) in [6.07, 6.45) is 0.414. The summed E-state index contributed by atoms with van der Waals surface area (Å²) in [5.41, 5.74) is 4.63. The molecule has 222 valence electrons.